The number of aryl methyl sites for hydroxylation is 1. The van der Waals surface area contributed by atoms with Crippen molar-refractivity contribution < 1.29 is 4.92 Å². The molecule has 0 amide bonds. The molecule has 88 valence electrons. The topological polar surface area (TPSA) is 93.0 Å². The summed E-state index contributed by atoms with van der Waals surface area (Å²) in [6.45, 7) is 3.60. The van der Waals surface area contributed by atoms with Gasteiger partial charge < -0.3 is 5.73 Å². The Labute approximate surface area is 99.3 Å². The molecule has 1 rings (SSSR count). The van der Waals surface area contributed by atoms with Crippen molar-refractivity contribution in [3.63, 3.8) is 0 Å². The van der Waals surface area contributed by atoms with Gasteiger partial charge in [0.05, 0.1) is 27.8 Å². The zero-order valence-corrected chi connectivity index (χ0v) is 9.73. The third-order valence-electron chi connectivity index (χ3n) is 2.45. The Bertz CT molecular complexity index is 527. The molecule has 0 aromatic heterocycles. The third kappa shape index (κ3) is 2.61. The second kappa shape index (κ2) is 5.12. The largest absolute Gasteiger partial charge is 0.397 e. The monoisotopic (exact) mass is 231 g/mol. The van der Waals surface area contributed by atoms with Crippen LogP contribution < -0.4 is 5.73 Å². The molecule has 0 radical (unpaired) electrons. The highest BCUT2D eigenvalue weighted by Gasteiger charge is 2.17. The maximum absolute atomic E-state index is 10.9. The molecule has 0 heterocycles. The van der Waals surface area contributed by atoms with Gasteiger partial charge in [0.15, 0.2) is 0 Å². The van der Waals surface area contributed by atoms with Gasteiger partial charge in [-0.25, -0.2) is 0 Å². The van der Waals surface area contributed by atoms with Crippen molar-refractivity contribution in [1.82, 2.24) is 0 Å². The fraction of sp³-hybridized carbons (Fsp3) is 0.250. The number of nitriles is 1. The lowest BCUT2D eigenvalue weighted by atomic mass is 10.0. The van der Waals surface area contributed by atoms with Gasteiger partial charge in [0, 0.05) is 6.07 Å². The smallest absolute Gasteiger partial charge is 0.278 e. The molecule has 0 aliphatic rings. The van der Waals surface area contributed by atoms with Crippen molar-refractivity contribution in [2.75, 3.05) is 0 Å². The van der Waals surface area contributed by atoms with Gasteiger partial charge in [-0.1, -0.05) is 13.0 Å². The molecule has 0 saturated heterocycles. The predicted octanol–water partition coefficient (Wildman–Crippen LogP) is 2.51. The number of benzene rings is 1. The van der Waals surface area contributed by atoms with Crippen LogP contribution in [0.25, 0.3) is 5.70 Å². The minimum atomic E-state index is -0.494. The van der Waals surface area contributed by atoms with Gasteiger partial charge in [-0.3, -0.25) is 10.1 Å². The Morgan fingerprint density at radius 2 is 2.24 bits per heavy atom. The molecule has 2 N–H and O–H groups in total. The van der Waals surface area contributed by atoms with E-state index >= 15 is 0 Å². The number of nitro benzene ring substituents is 1. The fourth-order valence-electron chi connectivity index (χ4n) is 1.52. The van der Waals surface area contributed by atoms with Gasteiger partial charge in [0.25, 0.3) is 5.69 Å². The number of allylic oxidation sites excluding steroid dienone is 1. The van der Waals surface area contributed by atoms with Crippen LogP contribution >= 0.6 is 0 Å². The lowest BCUT2D eigenvalue weighted by Gasteiger charge is -2.06. The lowest BCUT2D eigenvalue weighted by molar-refractivity contribution is -0.385. The summed E-state index contributed by atoms with van der Waals surface area (Å²) < 4.78 is 0. The highest BCUT2D eigenvalue weighted by atomic mass is 16.6. The minimum absolute atomic E-state index is 0.0747. The van der Waals surface area contributed by atoms with Crippen molar-refractivity contribution in [1.29, 1.82) is 5.26 Å². The Morgan fingerprint density at radius 1 is 1.59 bits per heavy atom. The summed E-state index contributed by atoms with van der Waals surface area (Å²) in [7, 11) is 0. The molecule has 17 heavy (non-hydrogen) atoms. The molecular weight excluding hydrogens is 218 g/mol. The van der Waals surface area contributed by atoms with Gasteiger partial charge in [-0.05, 0) is 25.0 Å². The molecule has 0 aliphatic heterocycles. The second-order valence-corrected chi connectivity index (χ2v) is 3.64. The van der Waals surface area contributed by atoms with E-state index in [2.05, 4.69) is 0 Å². The van der Waals surface area contributed by atoms with Crippen molar-refractivity contribution in [3.05, 3.63) is 45.0 Å². The number of hydrogen-bond acceptors (Lipinski definition) is 4. The first-order valence-corrected chi connectivity index (χ1v) is 5.15. The van der Waals surface area contributed by atoms with E-state index in [9.17, 15) is 10.1 Å². The average Bonchev–Trinajstić information content (AvgIpc) is 2.29. The number of nitrogens with two attached hydrogens (primary N) is 1. The molecule has 0 saturated carbocycles. The zero-order valence-electron chi connectivity index (χ0n) is 9.73. The highest BCUT2D eigenvalue weighted by molar-refractivity contribution is 5.75. The maximum Gasteiger partial charge on any atom is 0.278 e. The van der Waals surface area contributed by atoms with Crippen LogP contribution in [0.1, 0.15) is 24.5 Å². The van der Waals surface area contributed by atoms with E-state index in [1.165, 1.54) is 6.07 Å². The van der Waals surface area contributed by atoms with E-state index < -0.39 is 4.92 Å². The van der Waals surface area contributed by atoms with E-state index in [1.54, 1.807) is 19.1 Å². The Kier molecular flexibility index (Phi) is 3.83. The Morgan fingerprint density at radius 3 is 2.71 bits per heavy atom. The zero-order chi connectivity index (χ0) is 13.0. The van der Waals surface area contributed by atoms with Crippen LogP contribution in [0, 0.1) is 28.4 Å². The molecule has 0 spiro atoms. The normalized spacial score (nSPS) is 11.6. The lowest BCUT2D eigenvalue weighted by Crippen LogP contribution is -2.04. The number of hydrogen-bond donors (Lipinski definition) is 1. The van der Waals surface area contributed by atoms with Crippen molar-refractivity contribution in [2.45, 2.75) is 20.3 Å². The predicted molar refractivity (Wildman–Crippen MR) is 64.8 cm³/mol. The van der Waals surface area contributed by atoms with Gasteiger partial charge in [-0.2, -0.15) is 5.26 Å². The summed E-state index contributed by atoms with van der Waals surface area (Å²) in [5.41, 5.74) is 7.47. The summed E-state index contributed by atoms with van der Waals surface area (Å²) >= 11 is 0. The molecule has 1 aromatic carbocycles. The number of rotatable bonds is 3. The first kappa shape index (κ1) is 12.7. The van der Waals surface area contributed by atoms with E-state index in [4.69, 9.17) is 11.0 Å². The van der Waals surface area contributed by atoms with Crippen LogP contribution in [0.4, 0.5) is 5.69 Å². The van der Waals surface area contributed by atoms with Gasteiger partial charge >= 0.3 is 0 Å². The summed E-state index contributed by atoms with van der Waals surface area (Å²) in [6, 6.07) is 6.64. The van der Waals surface area contributed by atoms with E-state index in [1.807, 2.05) is 13.0 Å². The molecule has 1 aromatic rings. The standard InChI is InChI=1S/C12H13N3O2/c1-3-9(7-13)12(14)10-6-8(2)4-5-11(10)15(16)17/h4-6H,3,14H2,1-2H3/b12-9-. The van der Waals surface area contributed by atoms with Crippen LogP contribution in [0.5, 0.6) is 0 Å². The van der Waals surface area contributed by atoms with Crippen LogP contribution in [0.3, 0.4) is 0 Å². The molecule has 0 atom stereocenters. The van der Waals surface area contributed by atoms with E-state index in [0.717, 1.165) is 5.56 Å². The third-order valence-corrected chi connectivity index (χ3v) is 2.45. The van der Waals surface area contributed by atoms with Crippen LogP contribution in [0.15, 0.2) is 23.8 Å². The second-order valence-electron chi connectivity index (χ2n) is 3.64. The summed E-state index contributed by atoms with van der Waals surface area (Å²) in [6.07, 6.45) is 0.452. The molecular formula is C12H13N3O2. The van der Waals surface area contributed by atoms with Gasteiger partial charge in [0.2, 0.25) is 0 Å². The van der Waals surface area contributed by atoms with Crippen molar-refractivity contribution in [3.8, 4) is 6.07 Å². The molecule has 0 fully saturated rings. The first-order valence-electron chi connectivity index (χ1n) is 5.15. The Balaban J connectivity index is 3.50. The summed E-state index contributed by atoms with van der Waals surface area (Å²) in [5.74, 6) is 0. The number of nitrogens with zero attached hydrogens (tertiary/aromatic N) is 2. The molecule has 5 heteroatoms. The minimum Gasteiger partial charge on any atom is -0.397 e. The maximum atomic E-state index is 10.9. The van der Waals surface area contributed by atoms with Gasteiger partial charge in [-0.15, -0.1) is 0 Å². The molecule has 0 bridgehead atoms. The number of nitro groups is 1. The Hall–Kier alpha value is -2.35. The van der Waals surface area contributed by atoms with Crippen molar-refractivity contribution >= 4 is 11.4 Å². The summed E-state index contributed by atoms with van der Waals surface area (Å²) in [4.78, 5) is 10.4. The molecule has 0 aliphatic carbocycles. The van der Waals surface area contributed by atoms with E-state index in [-0.39, 0.29) is 11.4 Å². The molecule has 0 unspecified atom stereocenters. The van der Waals surface area contributed by atoms with Crippen LogP contribution in [0.2, 0.25) is 0 Å². The van der Waals surface area contributed by atoms with Crippen LogP contribution in [-0.4, -0.2) is 4.92 Å². The van der Waals surface area contributed by atoms with Crippen LogP contribution in [-0.2, 0) is 0 Å². The fourth-order valence-corrected chi connectivity index (χ4v) is 1.52. The van der Waals surface area contributed by atoms with E-state index in [0.29, 0.717) is 17.6 Å². The first-order chi connectivity index (χ1) is 8.01. The van der Waals surface area contributed by atoms with Crippen molar-refractivity contribution in [2.24, 2.45) is 5.73 Å². The SMILES string of the molecule is CC/C(C#N)=C(/N)c1cc(C)ccc1[N+](=O)[O-]. The quantitative estimate of drug-likeness (QED) is 0.491. The average molecular weight is 231 g/mol. The highest BCUT2D eigenvalue weighted by Crippen LogP contribution is 2.26. The summed E-state index contributed by atoms with van der Waals surface area (Å²) in [5, 5.41) is 19.8. The van der Waals surface area contributed by atoms with Gasteiger partial charge in [0.1, 0.15) is 0 Å². The molecule has 5 nitrogen and oxygen atoms in total.